The number of amidine groups is 1. The number of piperidine rings is 1. The number of hydrogen-bond donors (Lipinski definition) is 1. The number of unbranched alkanes of at least 4 members (excludes halogenated alkanes) is 1. The number of ether oxygens (including phenoxy) is 1. The van der Waals surface area contributed by atoms with Crippen LogP contribution in [0.25, 0.3) is 0 Å². The van der Waals surface area contributed by atoms with Crippen molar-refractivity contribution in [3.63, 3.8) is 0 Å². The third-order valence-electron chi connectivity index (χ3n) is 5.69. The summed E-state index contributed by atoms with van der Waals surface area (Å²) in [5, 5.41) is 10.4. The van der Waals surface area contributed by atoms with Crippen molar-refractivity contribution in [2.24, 2.45) is 4.99 Å². The number of phenols is 1. The molecule has 8 heteroatoms. The second-order valence-corrected chi connectivity index (χ2v) is 8.70. The Balaban J connectivity index is 1.37. The maximum absolute atomic E-state index is 13.2. The van der Waals surface area contributed by atoms with E-state index >= 15 is 0 Å². The Morgan fingerprint density at radius 1 is 1.12 bits per heavy atom. The van der Waals surface area contributed by atoms with Gasteiger partial charge in [-0.1, -0.05) is 11.8 Å². The molecule has 2 aromatic carbocycles. The van der Waals surface area contributed by atoms with Crippen molar-refractivity contribution in [2.75, 3.05) is 39.5 Å². The predicted octanol–water partition coefficient (Wildman–Crippen LogP) is 5.28. The van der Waals surface area contributed by atoms with Gasteiger partial charge in [0.1, 0.15) is 11.5 Å². The lowest BCUT2D eigenvalue weighted by Crippen LogP contribution is -2.45. The summed E-state index contributed by atoms with van der Waals surface area (Å²) in [6.45, 7) is 3.59. The quantitative estimate of drug-likeness (QED) is 0.328. The van der Waals surface area contributed by atoms with Crippen molar-refractivity contribution >= 4 is 22.6 Å². The zero-order valence-corrected chi connectivity index (χ0v) is 19.5. The number of nitrogens with zero attached hydrogens (tertiary/aromatic N) is 3. The van der Waals surface area contributed by atoms with E-state index in [-0.39, 0.29) is 5.75 Å². The van der Waals surface area contributed by atoms with Gasteiger partial charge in [-0.05, 0) is 74.9 Å². The Morgan fingerprint density at radius 3 is 2.50 bits per heavy atom. The fourth-order valence-electron chi connectivity index (χ4n) is 3.79. The normalized spacial score (nSPS) is 15.7. The van der Waals surface area contributed by atoms with Crippen LogP contribution in [0.2, 0.25) is 0 Å². The number of halogens is 2. The molecule has 1 saturated heterocycles. The predicted molar refractivity (Wildman–Crippen MR) is 127 cm³/mol. The lowest BCUT2D eigenvalue weighted by atomic mass is 10.0. The minimum atomic E-state index is -0.881. The van der Waals surface area contributed by atoms with E-state index < -0.39 is 11.6 Å². The molecule has 0 spiro atoms. The number of benzene rings is 2. The van der Waals surface area contributed by atoms with Crippen molar-refractivity contribution in [2.45, 2.75) is 31.7 Å². The summed E-state index contributed by atoms with van der Waals surface area (Å²) in [5.74, 6) is -1.13. The molecule has 1 heterocycles. The number of aliphatic imine (C=N–C) groups is 1. The molecule has 0 saturated carbocycles. The van der Waals surface area contributed by atoms with E-state index in [0.717, 1.165) is 68.3 Å². The van der Waals surface area contributed by atoms with Crippen LogP contribution in [0, 0.1) is 11.6 Å². The minimum Gasteiger partial charge on any atom is -0.508 e. The van der Waals surface area contributed by atoms with E-state index in [1.54, 1.807) is 23.9 Å². The van der Waals surface area contributed by atoms with Crippen LogP contribution in [-0.4, -0.2) is 65.7 Å². The van der Waals surface area contributed by atoms with E-state index in [1.165, 1.54) is 6.07 Å². The summed E-state index contributed by atoms with van der Waals surface area (Å²) in [4.78, 5) is 9.48. The van der Waals surface area contributed by atoms with Gasteiger partial charge in [-0.25, -0.2) is 13.8 Å². The molecule has 1 aliphatic rings. The average Bonchev–Trinajstić information content (AvgIpc) is 2.80. The smallest absolute Gasteiger partial charge is 0.164 e. The first kappa shape index (κ1) is 24.3. The lowest BCUT2D eigenvalue weighted by Gasteiger charge is -2.37. The Labute approximate surface area is 193 Å². The first-order valence-corrected chi connectivity index (χ1v) is 12.1. The molecular formula is C24H31F2N3O2S. The van der Waals surface area contributed by atoms with Gasteiger partial charge in [0.25, 0.3) is 0 Å². The molecular weight excluding hydrogens is 432 g/mol. The van der Waals surface area contributed by atoms with Gasteiger partial charge in [-0.2, -0.15) is 0 Å². The average molecular weight is 464 g/mol. The van der Waals surface area contributed by atoms with Crippen molar-refractivity contribution in [3.8, 4) is 11.5 Å². The fourth-order valence-corrected chi connectivity index (χ4v) is 4.42. The van der Waals surface area contributed by atoms with E-state index in [4.69, 9.17) is 9.73 Å². The molecule has 0 aromatic heterocycles. The standard InChI is InChI=1S/C24H31F2N3O2S/c1-28(24(32-2)27-18-5-7-20(30)8-6-18)19-11-14-29(15-12-19)13-3-4-16-31-21-9-10-22(25)23(26)17-21/h5-10,17,19,30H,3-4,11-16H2,1-2H3. The summed E-state index contributed by atoms with van der Waals surface area (Å²) < 4.78 is 31.7. The van der Waals surface area contributed by atoms with Gasteiger partial charge in [0.15, 0.2) is 16.8 Å². The second kappa shape index (κ2) is 12.1. The Bertz CT molecular complexity index is 887. The molecule has 2 aromatic rings. The highest BCUT2D eigenvalue weighted by atomic mass is 32.2. The van der Waals surface area contributed by atoms with Gasteiger partial charge in [0.05, 0.1) is 12.3 Å². The van der Waals surface area contributed by atoms with Gasteiger partial charge < -0.3 is 19.6 Å². The SMILES string of the molecule is CSC(=Nc1ccc(O)cc1)N(C)C1CCN(CCCCOc2ccc(F)c(F)c2)CC1. The summed E-state index contributed by atoms with van der Waals surface area (Å²) in [6.07, 6.45) is 6.07. The number of phenolic OH excluding ortho intramolecular Hbond substituents is 1. The van der Waals surface area contributed by atoms with Gasteiger partial charge in [0, 0.05) is 32.2 Å². The highest BCUT2D eigenvalue weighted by Crippen LogP contribution is 2.23. The first-order valence-electron chi connectivity index (χ1n) is 10.9. The summed E-state index contributed by atoms with van der Waals surface area (Å²) in [6, 6.07) is 11.0. The first-order chi connectivity index (χ1) is 15.5. The third kappa shape index (κ3) is 7.10. The lowest BCUT2D eigenvalue weighted by molar-refractivity contribution is 0.162. The number of aromatic hydroxyl groups is 1. The van der Waals surface area contributed by atoms with Crippen LogP contribution in [0.4, 0.5) is 14.5 Å². The van der Waals surface area contributed by atoms with Crippen LogP contribution in [0.1, 0.15) is 25.7 Å². The molecule has 1 fully saturated rings. The second-order valence-electron chi connectivity index (χ2n) is 7.93. The summed E-state index contributed by atoms with van der Waals surface area (Å²) in [7, 11) is 2.10. The number of rotatable bonds is 8. The molecule has 3 rings (SSSR count). The van der Waals surface area contributed by atoms with Gasteiger partial charge in [0.2, 0.25) is 0 Å². The molecule has 0 bridgehead atoms. The molecule has 1 aliphatic heterocycles. The summed E-state index contributed by atoms with van der Waals surface area (Å²) in [5.41, 5.74) is 0.835. The molecule has 0 aliphatic carbocycles. The van der Waals surface area contributed by atoms with Crippen LogP contribution in [0.3, 0.4) is 0 Å². The van der Waals surface area contributed by atoms with Crippen LogP contribution in [0.15, 0.2) is 47.5 Å². The topological polar surface area (TPSA) is 48.3 Å². The highest BCUT2D eigenvalue weighted by molar-refractivity contribution is 8.13. The Hall–Kier alpha value is -2.32. The van der Waals surface area contributed by atoms with Crippen LogP contribution in [-0.2, 0) is 0 Å². The summed E-state index contributed by atoms with van der Waals surface area (Å²) >= 11 is 1.63. The van der Waals surface area contributed by atoms with Gasteiger partial charge in [-0.15, -0.1) is 0 Å². The molecule has 174 valence electrons. The van der Waals surface area contributed by atoms with E-state index in [1.807, 2.05) is 18.4 Å². The molecule has 1 N–H and O–H groups in total. The van der Waals surface area contributed by atoms with Crippen molar-refractivity contribution in [1.29, 1.82) is 0 Å². The number of thioether (sulfide) groups is 1. The molecule has 32 heavy (non-hydrogen) atoms. The number of hydrogen-bond acceptors (Lipinski definition) is 5. The number of likely N-dealkylation sites (tertiary alicyclic amines) is 1. The van der Waals surface area contributed by atoms with Crippen LogP contribution in [0.5, 0.6) is 11.5 Å². The van der Waals surface area contributed by atoms with E-state index in [2.05, 4.69) is 16.8 Å². The van der Waals surface area contributed by atoms with E-state index in [0.29, 0.717) is 18.4 Å². The van der Waals surface area contributed by atoms with Gasteiger partial charge in [-0.3, -0.25) is 0 Å². The monoisotopic (exact) mass is 463 g/mol. The molecule has 0 unspecified atom stereocenters. The van der Waals surface area contributed by atoms with Crippen LogP contribution < -0.4 is 4.74 Å². The molecule has 0 radical (unpaired) electrons. The Kier molecular flexibility index (Phi) is 9.17. The van der Waals surface area contributed by atoms with Gasteiger partial charge >= 0.3 is 0 Å². The molecule has 5 nitrogen and oxygen atoms in total. The maximum atomic E-state index is 13.2. The minimum absolute atomic E-state index is 0.242. The van der Waals surface area contributed by atoms with Crippen molar-refractivity contribution in [1.82, 2.24) is 9.80 Å². The third-order valence-corrected chi connectivity index (χ3v) is 6.44. The van der Waals surface area contributed by atoms with E-state index in [9.17, 15) is 13.9 Å². The van der Waals surface area contributed by atoms with Crippen LogP contribution >= 0.6 is 11.8 Å². The largest absolute Gasteiger partial charge is 0.508 e. The fraction of sp³-hybridized carbons (Fsp3) is 0.458. The zero-order chi connectivity index (χ0) is 22.9. The Morgan fingerprint density at radius 2 is 1.84 bits per heavy atom. The molecule has 0 amide bonds. The van der Waals surface area contributed by atoms with Crippen molar-refractivity contribution < 1.29 is 18.6 Å². The van der Waals surface area contributed by atoms with Crippen molar-refractivity contribution in [3.05, 3.63) is 54.1 Å². The zero-order valence-electron chi connectivity index (χ0n) is 18.6. The molecule has 0 atom stereocenters. The maximum Gasteiger partial charge on any atom is 0.164 e. The highest BCUT2D eigenvalue weighted by Gasteiger charge is 2.24.